The lowest BCUT2D eigenvalue weighted by molar-refractivity contribution is -0.274. The predicted octanol–water partition coefficient (Wildman–Crippen LogP) is 5.23. The number of hydrogen-bond donors (Lipinski definition) is 2. The molecule has 45 heavy (non-hydrogen) atoms. The van der Waals surface area contributed by atoms with Crippen molar-refractivity contribution in [2.24, 2.45) is 10.1 Å². The molecule has 1 fully saturated rings. The first-order chi connectivity index (χ1) is 21.6. The highest BCUT2D eigenvalue weighted by Crippen LogP contribution is 2.26. The Morgan fingerprint density at radius 2 is 1.73 bits per heavy atom. The Kier molecular flexibility index (Phi) is 10.1. The third-order valence-corrected chi connectivity index (χ3v) is 7.67. The molecule has 0 spiro atoms. The van der Waals surface area contributed by atoms with Crippen molar-refractivity contribution in [1.82, 2.24) is 30.4 Å². The average molecular weight is 637 g/mol. The van der Waals surface area contributed by atoms with Crippen LogP contribution in [0.25, 0.3) is 17.1 Å². The normalized spacial score (nSPS) is 14.2. The number of nitrogens with one attached hydrogen (secondary N) is 2. The van der Waals surface area contributed by atoms with E-state index >= 15 is 0 Å². The number of para-hydroxylation sites is 1. The zero-order valence-electron chi connectivity index (χ0n) is 24.6. The quantitative estimate of drug-likeness (QED) is 0.155. The minimum absolute atomic E-state index is 0.0561. The van der Waals surface area contributed by atoms with E-state index in [1.165, 1.54) is 47.0 Å². The molecule has 1 aromatic heterocycles. The third-order valence-electron chi connectivity index (χ3n) is 6.82. The van der Waals surface area contributed by atoms with Gasteiger partial charge in [-0.1, -0.05) is 54.2 Å². The van der Waals surface area contributed by atoms with Crippen LogP contribution < -0.4 is 15.5 Å². The molecule has 4 aromatic rings. The van der Waals surface area contributed by atoms with Gasteiger partial charge < -0.3 is 15.0 Å². The van der Waals surface area contributed by atoms with E-state index in [4.69, 9.17) is 4.99 Å². The van der Waals surface area contributed by atoms with Gasteiger partial charge in [0.25, 0.3) is 0 Å². The van der Waals surface area contributed by atoms with Gasteiger partial charge in [0.05, 0.1) is 23.3 Å². The number of aromatic nitrogens is 3. The van der Waals surface area contributed by atoms with Crippen molar-refractivity contribution < 1.29 is 22.7 Å². The molecule has 0 radical (unpaired) electrons. The number of carbonyl (C=O) groups is 1. The zero-order valence-corrected chi connectivity index (χ0v) is 25.4. The molecular formula is C31H31F3N8O2S. The summed E-state index contributed by atoms with van der Waals surface area (Å²) in [5, 5.41) is 12.6. The summed E-state index contributed by atoms with van der Waals surface area (Å²) in [4.78, 5) is 23.8. The first-order valence-corrected chi connectivity index (χ1v) is 15.1. The van der Waals surface area contributed by atoms with Gasteiger partial charge in [-0.25, -0.2) is 14.7 Å². The SMILES string of the molecule is Cc1cccc(C)c1/N=C(/N/N=C/c1ccc(-c2ncn(-c3ccc(OC(F)(F)F)cc3)n2)cc1)SCC(=O)N1CCNCC1. The van der Waals surface area contributed by atoms with E-state index in [-0.39, 0.29) is 17.4 Å². The van der Waals surface area contributed by atoms with Crippen LogP contribution in [0.1, 0.15) is 16.7 Å². The van der Waals surface area contributed by atoms with Gasteiger partial charge in [0.15, 0.2) is 11.0 Å². The number of benzene rings is 3. The first-order valence-electron chi connectivity index (χ1n) is 14.1. The average Bonchev–Trinajstić information content (AvgIpc) is 3.52. The molecule has 2 N–H and O–H groups in total. The van der Waals surface area contributed by atoms with Crippen molar-refractivity contribution in [1.29, 1.82) is 0 Å². The van der Waals surface area contributed by atoms with E-state index in [0.29, 0.717) is 29.8 Å². The van der Waals surface area contributed by atoms with Crippen molar-refractivity contribution in [2.75, 3.05) is 31.9 Å². The smallest absolute Gasteiger partial charge is 0.406 e. The summed E-state index contributed by atoms with van der Waals surface area (Å²) >= 11 is 1.31. The fourth-order valence-corrected chi connectivity index (χ4v) is 5.23. The molecule has 10 nitrogen and oxygen atoms in total. The number of amidine groups is 1. The molecule has 3 aromatic carbocycles. The summed E-state index contributed by atoms with van der Waals surface area (Å²) in [6.07, 6.45) is -1.62. The van der Waals surface area contributed by atoms with Crippen LogP contribution >= 0.6 is 11.8 Å². The van der Waals surface area contributed by atoms with E-state index in [1.54, 1.807) is 6.21 Å². The Hall–Kier alpha value is -4.69. The number of piperazine rings is 1. The van der Waals surface area contributed by atoms with Gasteiger partial charge in [-0.15, -0.1) is 18.3 Å². The Bertz CT molecular complexity index is 1650. The topological polar surface area (TPSA) is 109 Å². The van der Waals surface area contributed by atoms with E-state index in [0.717, 1.165) is 41.0 Å². The number of nitrogens with zero attached hydrogens (tertiary/aromatic N) is 6. The number of hydrazone groups is 1. The van der Waals surface area contributed by atoms with Gasteiger partial charge in [-0.3, -0.25) is 10.2 Å². The summed E-state index contributed by atoms with van der Waals surface area (Å²) in [5.41, 5.74) is 7.97. The number of thioether (sulfide) groups is 1. The lowest BCUT2D eigenvalue weighted by atomic mass is 10.1. The molecule has 1 aliphatic rings. The molecule has 5 rings (SSSR count). The molecule has 0 atom stereocenters. The van der Waals surface area contributed by atoms with Crippen LogP contribution in [0.2, 0.25) is 0 Å². The monoisotopic (exact) mass is 636 g/mol. The van der Waals surface area contributed by atoms with Crippen molar-refractivity contribution in [3.63, 3.8) is 0 Å². The van der Waals surface area contributed by atoms with E-state index in [9.17, 15) is 18.0 Å². The minimum Gasteiger partial charge on any atom is -0.406 e. The molecule has 1 saturated heterocycles. The summed E-state index contributed by atoms with van der Waals surface area (Å²) in [7, 11) is 0. The maximum atomic E-state index is 12.8. The number of hydrogen-bond acceptors (Lipinski definition) is 8. The van der Waals surface area contributed by atoms with Crippen molar-refractivity contribution in [2.45, 2.75) is 20.2 Å². The number of aliphatic imine (C=N–C) groups is 1. The summed E-state index contributed by atoms with van der Waals surface area (Å²) in [6, 6.07) is 18.7. The lowest BCUT2D eigenvalue weighted by Crippen LogP contribution is -2.47. The fraction of sp³-hybridized carbons (Fsp3) is 0.258. The third kappa shape index (κ3) is 8.92. The Morgan fingerprint density at radius 1 is 1.04 bits per heavy atom. The number of rotatable bonds is 8. The molecule has 234 valence electrons. The van der Waals surface area contributed by atoms with Crippen molar-refractivity contribution in [3.8, 4) is 22.8 Å². The summed E-state index contributed by atoms with van der Waals surface area (Å²) in [6.45, 7) is 6.94. The number of alkyl halides is 3. The molecule has 14 heteroatoms. The number of aryl methyl sites for hydroxylation is 2. The van der Waals surface area contributed by atoms with Crippen molar-refractivity contribution in [3.05, 3.63) is 89.7 Å². The van der Waals surface area contributed by atoms with Gasteiger partial charge in [-0.05, 0) is 54.8 Å². The molecular weight excluding hydrogens is 605 g/mol. The van der Waals surface area contributed by atoms with E-state index < -0.39 is 6.36 Å². The lowest BCUT2D eigenvalue weighted by Gasteiger charge is -2.27. The van der Waals surface area contributed by atoms with Crippen LogP contribution in [0, 0.1) is 13.8 Å². The zero-order chi connectivity index (χ0) is 31.8. The van der Waals surface area contributed by atoms with Crippen LogP contribution in [0.3, 0.4) is 0 Å². The van der Waals surface area contributed by atoms with Gasteiger partial charge in [0.1, 0.15) is 12.1 Å². The standard InChI is InChI=1S/C31H31F3N8O2S/c1-21-4-3-5-22(2)28(21)38-30(45-19-27(43)41-16-14-35-15-17-41)39-37-18-23-6-8-24(9-7-23)29-36-20-42(40-29)25-10-12-26(13-11-25)44-31(32,33)34/h3-13,18,20,35H,14-17,19H2,1-2H3,(H,38,39)/b37-18+. The Balaban J connectivity index is 1.24. The van der Waals surface area contributed by atoms with Gasteiger partial charge in [0, 0.05) is 31.7 Å². The Morgan fingerprint density at radius 3 is 2.40 bits per heavy atom. The van der Waals surface area contributed by atoms with Crippen LogP contribution in [-0.4, -0.2) is 75.2 Å². The maximum Gasteiger partial charge on any atom is 0.573 e. The second kappa shape index (κ2) is 14.4. The molecule has 0 saturated carbocycles. The Labute approximate surface area is 262 Å². The van der Waals surface area contributed by atoms with Crippen LogP contribution in [0.15, 0.2) is 83.2 Å². The van der Waals surface area contributed by atoms with Crippen LogP contribution in [0.4, 0.5) is 18.9 Å². The molecule has 0 bridgehead atoms. The largest absolute Gasteiger partial charge is 0.573 e. The number of carbonyl (C=O) groups excluding carboxylic acids is 1. The first kappa shape index (κ1) is 31.7. The second-order valence-corrected chi connectivity index (χ2v) is 11.1. The van der Waals surface area contributed by atoms with Gasteiger partial charge in [-0.2, -0.15) is 5.10 Å². The van der Waals surface area contributed by atoms with Crippen LogP contribution in [0.5, 0.6) is 5.75 Å². The maximum absolute atomic E-state index is 12.8. The fourth-order valence-electron chi connectivity index (χ4n) is 4.51. The molecule has 1 amide bonds. The highest BCUT2D eigenvalue weighted by molar-refractivity contribution is 8.14. The van der Waals surface area contributed by atoms with E-state index in [1.807, 2.05) is 61.2 Å². The number of ether oxygens (including phenoxy) is 1. The van der Waals surface area contributed by atoms with Gasteiger partial charge in [0.2, 0.25) is 5.91 Å². The predicted molar refractivity (Wildman–Crippen MR) is 169 cm³/mol. The number of amides is 1. The highest BCUT2D eigenvalue weighted by Gasteiger charge is 2.31. The molecule has 2 heterocycles. The highest BCUT2D eigenvalue weighted by atomic mass is 32.2. The van der Waals surface area contributed by atoms with Crippen molar-refractivity contribution >= 4 is 34.7 Å². The second-order valence-electron chi connectivity index (χ2n) is 10.1. The molecule has 0 aliphatic carbocycles. The summed E-state index contributed by atoms with van der Waals surface area (Å²) < 4.78 is 42.7. The van der Waals surface area contributed by atoms with Crippen LogP contribution in [-0.2, 0) is 4.79 Å². The van der Waals surface area contributed by atoms with Gasteiger partial charge >= 0.3 is 6.36 Å². The summed E-state index contributed by atoms with van der Waals surface area (Å²) in [5.74, 6) is 0.428. The molecule has 1 aliphatic heterocycles. The van der Waals surface area contributed by atoms with E-state index in [2.05, 4.69) is 30.7 Å². The molecule has 0 unspecified atom stereocenters. The number of halogens is 3. The minimum atomic E-state index is -4.75.